The molecule has 0 aliphatic carbocycles. The van der Waals surface area contributed by atoms with E-state index in [2.05, 4.69) is 25.7 Å². The summed E-state index contributed by atoms with van der Waals surface area (Å²) in [7, 11) is 0. The largest absolute Gasteiger partial charge is 0.473 e. The fourth-order valence-corrected chi connectivity index (χ4v) is 4.11. The molecular weight excluding hydrogens is 567 g/mol. The van der Waals surface area contributed by atoms with Gasteiger partial charge in [0.05, 0.1) is 25.5 Å². The number of pyridine rings is 1. The van der Waals surface area contributed by atoms with Crippen molar-refractivity contribution >= 4 is 35.1 Å². The number of amides is 1. The zero-order valence-corrected chi connectivity index (χ0v) is 24.7. The van der Waals surface area contributed by atoms with Crippen LogP contribution < -0.4 is 15.4 Å². The van der Waals surface area contributed by atoms with Crippen molar-refractivity contribution in [1.29, 1.82) is 0 Å². The van der Waals surface area contributed by atoms with E-state index in [1.54, 1.807) is 59.0 Å². The van der Waals surface area contributed by atoms with Crippen LogP contribution >= 0.6 is 11.6 Å². The molecule has 4 aromatic rings. The Morgan fingerprint density at radius 2 is 1.98 bits per heavy atom. The van der Waals surface area contributed by atoms with Gasteiger partial charge in [0, 0.05) is 28.9 Å². The molecular formula is C29H32ClFN6O5. The fourth-order valence-electron chi connectivity index (χ4n) is 3.92. The number of carbonyl (C=O) groups excluding carboxylic acids is 2. The van der Waals surface area contributed by atoms with Gasteiger partial charge in [-0.3, -0.25) is 0 Å². The predicted octanol–water partition coefficient (Wildman–Crippen LogP) is 5.66. The number of fused-ring (bicyclic) bond motifs is 1. The molecule has 2 N–H and O–H groups in total. The smallest absolute Gasteiger partial charge is 0.407 e. The van der Waals surface area contributed by atoms with Crippen LogP contribution in [-0.4, -0.2) is 56.5 Å². The summed E-state index contributed by atoms with van der Waals surface area (Å²) in [5.74, 6) is -0.562. The quantitative estimate of drug-likeness (QED) is 0.222. The highest BCUT2D eigenvalue weighted by Crippen LogP contribution is 2.31. The monoisotopic (exact) mass is 598 g/mol. The summed E-state index contributed by atoms with van der Waals surface area (Å²) in [4.78, 5) is 33.3. The van der Waals surface area contributed by atoms with Crippen LogP contribution in [0.25, 0.3) is 16.8 Å². The Morgan fingerprint density at radius 3 is 2.69 bits per heavy atom. The number of carbonyl (C=O) groups is 2. The summed E-state index contributed by atoms with van der Waals surface area (Å²) < 4.78 is 32.1. The Hall–Kier alpha value is -4.45. The molecule has 0 unspecified atom stereocenters. The van der Waals surface area contributed by atoms with Gasteiger partial charge in [0.15, 0.2) is 5.65 Å². The maximum absolute atomic E-state index is 14.3. The van der Waals surface area contributed by atoms with Gasteiger partial charge in [-0.25, -0.2) is 28.5 Å². The third-order valence-electron chi connectivity index (χ3n) is 5.71. The Kier molecular flexibility index (Phi) is 9.46. The molecule has 0 bridgehead atoms. The highest BCUT2D eigenvalue weighted by molar-refractivity contribution is 6.30. The lowest BCUT2D eigenvalue weighted by Crippen LogP contribution is -2.37. The number of esters is 1. The van der Waals surface area contributed by atoms with Gasteiger partial charge >= 0.3 is 12.1 Å². The van der Waals surface area contributed by atoms with Gasteiger partial charge in [-0.1, -0.05) is 23.7 Å². The Bertz CT molecular complexity index is 1590. The third-order valence-corrected chi connectivity index (χ3v) is 5.94. The van der Waals surface area contributed by atoms with Crippen LogP contribution in [0.3, 0.4) is 0 Å². The van der Waals surface area contributed by atoms with Crippen LogP contribution in [0.5, 0.6) is 5.88 Å². The number of rotatable bonds is 10. The van der Waals surface area contributed by atoms with Crippen molar-refractivity contribution in [3.05, 3.63) is 70.9 Å². The number of hydrogen-bond donors (Lipinski definition) is 2. The molecule has 0 spiro atoms. The maximum atomic E-state index is 14.3. The molecule has 3 aromatic heterocycles. The Labute approximate surface area is 247 Å². The minimum Gasteiger partial charge on any atom is -0.473 e. The SMILES string of the molecule is CCOC(=O)c1cnn2cc(-c3cccc(Cl)c3)c(NCc3cc(F)cnc3O[C@@H](C)CNC(=O)OC(C)(C)C)nc12. The lowest BCUT2D eigenvalue weighted by Gasteiger charge is -2.21. The topological polar surface area (TPSA) is 129 Å². The van der Waals surface area contributed by atoms with E-state index >= 15 is 0 Å². The number of halogens is 2. The number of benzene rings is 1. The van der Waals surface area contributed by atoms with E-state index in [4.69, 9.17) is 25.8 Å². The molecule has 1 atom stereocenters. The van der Waals surface area contributed by atoms with Crippen molar-refractivity contribution in [1.82, 2.24) is 24.9 Å². The van der Waals surface area contributed by atoms with E-state index < -0.39 is 29.6 Å². The molecule has 1 aromatic carbocycles. The van der Waals surface area contributed by atoms with Crippen LogP contribution in [0, 0.1) is 5.82 Å². The van der Waals surface area contributed by atoms with Crippen molar-refractivity contribution < 1.29 is 28.2 Å². The van der Waals surface area contributed by atoms with Crippen LogP contribution in [0.4, 0.5) is 15.0 Å². The van der Waals surface area contributed by atoms with Crippen LogP contribution in [0.2, 0.25) is 5.02 Å². The van der Waals surface area contributed by atoms with Crippen LogP contribution in [0.15, 0.2) is 48.9 Å². The number of ether oxygens (including phenoxy) is 3. The second-order valence-electron chi connectivity index (χ2n) is 10.3. The first-order valence-electron chi connectivity index (χ1n) is 13.3. The van der Waals surface area contributed by atoms with E-state index in [-0.39, 0.29) is 36.8 Å². The summed E-state index contributed by atoms with van der Waals surface area (Å²) >= 11 is 6.26. The van der Waals surface area contributed by atoms with Crippen LogP contribution in [-0.2, 0) is 16.0 Å². The van der Waals surface area contributed by atoms with E-state index in [1.165, 1.54) is 16.8 Å². The van der Waals surface area contributed by atoms with E-state index in [9.17, 15) is 14.0 Å². The minimum atomic E-state index is -0.638. The standard InChI is InChI=1S/C29H32ClFN6O5/c1-6-40-27(38)22-15-35-37-16-23(18-8-7-9-20(30)10-18)24(36-25(22)37)32-13-19-11-21(31)14-33-26(19)41-17(2)12-34-28(39)42-29(3,4)5/h7-11,14-17H,6,12-13H2,1-5H3,(H,32,36)(H,34,39)/t17-/m0/s1. The molecule has 0 saturated heterocycles. The number of anilines is 1. The molecule has 1 amide bonds. The molecule has 11 nitrogen and oxygen atoms in total. The van der Waals surface area contributed by atoms with Crippen molar-refractivity contribution in [2.75, 3.05) is 18.5 Å². The first kappa shape index (κ1) is 30.5. The zero-order valence-electron chi connectivity index (χ0n) is 23.9. The van der Waals surface area contributed by atoms with Gasteiger partial charge in [0.25, 0.3) is 0 Å². The second kappa shape index (κ2) is 13.0. The summed E-state index contributed by atoms with van der Waals surface area (Å²) in [6.45, 7) is 9.14. The second-order valence-corrected chi connectivity index (χ2v) is 10.8. The van der Waals surface area contributed by atoms with Gasteiger partial charge in [0.1, 0.15) is 28.9 Å². The van der Waals surface area contributed by atoms with Crippen molar-refractivity contribution in [3.63, 3.8) is 0 Å². The van der Waals surface area contributed by atoms with Crippen LogP contribution in [0.1, 0.15) is 50.5 Å². The summed E-state index contributed by atoms with van der Waals surface area (Å²) in [5.41, 5.74) is 1.60. The average molecular weight is 599 g/mol. The molecule has 3 heterocycles. The minimum absolute atomic E-state index is 0.0614. The molecule has 222 valence electrons. The summed E-state index contributed by atoms with van der Waals surface area (Å²) in [5, 5.41) is 10.7. The lowest BCUT2D eigenvalue weighted by molar-refractivity contribution is 0.0500. The van der Waals surface area contributed by atoms with Gasteiger partial charge in [-0.05, 0) is 58.4 Å². The number of alkyl carbamates (subject to hydrolysis) is 1. The van der Waals surface area contributed by atoms with Gasteiger partial charge < -0.3 is 24.8 Å². The highest BCUT2D eigenvalue weighted by Gasteiger charge is 2.20. The first-order chi connectivity index (χ1) is 19.9. The lowest BCUT2D eigenvalue weighted by atomic mass is 10.1. The summed E-state index contributed by atoms with van der Waals surface area (Å²) in [6.07, 6.45) is 3.06. The maximum Gasteiger partial charge on any atom is 0.407 e. The Balaban J connectivity index is 1.60. The number of nitrogens with zero attached hydrogens (tertiary/aromatic N) is 4. The highest BCUT2D eigenvalue weighted by atomic mass is 35.5. The van der Waals surface area contributed by atoms with Crippen molar-refractivity contribution in [2.45, 2.75) is 52.9 Å². The molecule has 13 heteroatoms. The van der Waals surface area contributed by atoms with E-state index in [0.29, 0.717) is 22.0 Å². The van der Waals surface area contributed by atoms with E-state index in [0.717, 1.165) is 11.8 Å². The predicted molar refractivity (Wildman–Crippen MR) is 155 cm³/mol. The number of aromatic nitrogens is 4. The molecule has 4 rings (SSSR count). The average Bonchev–Trinajstić information content (AvgIpc) is 3.33. The first-order valence-corrected chi connectivity index (χ1v) is 13.6. The summed E-state index contributed by atoms with van der Waals surface area (Å²) in [6, 6.07) is 8.46. The molecule has 0 aliphatic rings. The molecule has 42 heavy (non-hydrogen) atoms. The van der Waals surface area contributed by atoms with Gasteiger partial charge in [-0.2, -0.15) is 5.10 Å². The van der Waals surface area contributed by atoms with Gasteiger partial charge in [0.2, 0.25) is 5.88 Å². The van der Waals surface area contributed by atoms with Crippen molar-refractivity contribution in [2.24, 2.45) is 0 Å². The zero-order chi connectivity index (χ0) is 30.4. The Morgan fingerprint density at radius 1 is 1.19 bits per heavy atom. The normalized spacial score (nSPS) is 12.1. The molecule has 0 aliphatic heterocycles. The number of hydrogen-bond acceptors (Lipinski definition) is 9. The third kappa shape index (κ3) is 7.84. The van der Waals surface area contributed by atoms with Crippen molar-refractivity contribution in [3.8, 4) is 17.0 Å². The molecule has 0 fully saturated rings. The van der Waals surface area contributed by atoms with Gasteiger partial charge in [-0.15, -0.1) is 0 Å². The number of nitrogens with one attached hydrogen (secondary N) is 2. The fraction of sp³-hybridized carbons (Fsp3) is 0.345. The molecule has 0 radical (unpaired) electrons. The van der Waals surface area contributed by atoms with E-state index in [1.807, 2.05) is 6.07 Å². The molecule has 0 saturated carbocycles.